The minimum Gasteiger partial charge on any atom is -0.389 e. The Bertz CT molecular complexity index is 536. The van der Waals surface area contributed by atoms with Gasteiger partial charge in [-0.25, -0.2) is 0 Å². The number of carbonyl (C=O) groups is 1. The number of hydrogen-bond donors (Lipinski definition) is 1. The molecule has 7 heteroatoms. The number of amides is 1. The first-order valence-corrected chi connectivity index (χ1v) is 8.67. The molecule has 1 amide bonds. The molecule has 24 heavy (non-hydrogen) atoms. The van der Waals surface area contributed by atoms with Crippen molar-refractivity contribution >= 4 is 5.91 Å². The highest BCUT2D eigenvalue weighted by Gasteiger charge is 2.29. The van der Waals surface area contributed by atoms with Gasteiger partial charge >= 0.3 is 0 Å². The topological polar surface area (TPSA) is 79.0 Å². The number of rotatable bonds is 7. The number of ether oxygens (including phenoxy) is 1. The average molecular weight is 339 g/mol. The molecule has 1 saturated heterocycles. The van der Waals surface area contributed by atoms with Gasteiger partial charge in [0, 0.05) is 45.2 Å². The summed E-state index contributed by atoms with van der Waals surface area (Å²) in [6.45, 7) is 12.0. The van der Waals surface area contributed by atoms with Gasteiger partial charge in [-0.2, -0.15) is 0 Å². The molecular formula is C17H29N3O4. The zero-order valence-electron chi connectivity index (χ0n) is 15.1. The van der Waals surface area contributed by atoms with Crippen LogP contribution in [0.1, 0.15) is 48.5 Å². The molecule has 0 saturated carbocycles. The highest BCUT2D eigenvalue weighted by Crippen LogP contribution is 2.24. The van der Waals surface area contributed by atoms with E-state index in [1.807, 2.05) is 32.6 Å². The zero-order chi connectivity index (χ0) is 17.7. The van der Waals surface area contributed by atoms with E-state index in [1.165, 1.54) is 0 Å². The fourth-order valence-electron chi connectivity index (χ4n) is 2.94. The molecule has 1 aliphatic heterocycles. The first-order valence-electron chi connectivity index (χ1n) is 8.67. The van der Waals surface area contributed by atoms with E-state index in [-0.39, 0.29) is 11.8 Å². The number of β-amino-alcohol motifs (C(OH)–C–C–N with tert-alkyl or cyclic N) is 1. The average Bonchev–Trinajstić information content (AvgIpc) is 2.95. The standard InChI is InChI=1S/C17H29N3O4/c1-5-23-11-14(21)10-19-6-8-20(9-7-19)17(22)15-13(4)18-24-16(15)12(2)3/h12,14,21H,5-11H2,1-4H3/t14-/m1/s1. The molecule has 0 spiro atoms. The van der Waals surface area contributed by atoms with Crippen LogP contribution in [0.25, 0.3) is 0 Å². The van der Waals surface area contributed by atoms with Crippen LogP contribution in [0.4, 0.5) is 0 Å². The van der Waals surface area contributed by atoms with Gasteiger partial charge in [0.05, 0.1) is 18.4 Å². The van der Waals surface area contributed by atoms with Crippen molar-refractivity contribution in [2.24, 2.45) is 0 Å². The summed E-state index contributed by atoms with van der Waals surface area (Å²) >= 11 is 0. The third kappa shape index (κ3) is 4.55. The minimum atomic E-state index is -0.486. The third-order valence-electron chi connectivity index (χ3n) is 4.27. The van der Waals surface area contributed by atoms with Crippen LogP contribution in [-0.2, 0) is 4.74 Å². The molecule has 2 rings (SSSR count). The van der Waals surface area contributed by atoms with Crippen molar-refractivity contribution < 1.29 is 19.2 Å². The normalized spacial score (nSPS) is 17.5. The van der Waals surface area contributed by atoms with Crippen molar-refractivity contribution in [3.05, 3.63) is 17.0 Å². The van der Waals surface area contributed by atoms with Gasteiger partial charge in [0.2, 0.25) is 0 Å². The number of carbonyl (C=O) groups excluding carboxylic acids is 1. The van der Waals surface area contributed by atoms with Crippen LogP contribution < -0.4 is 0 Å². The quantitative estimate of drug-likeness (QED) is 0.806. The van der Waals surface area contributed by atoms with Gasteiger partial charge in [0.25, 0.3) is 5.91 Å². The molecule has 136 valence electrons. The number of nitrogens with zero attached hydrogens (tertiary/aromatic N) is 3. The molecule has 0 unspecified atom stereocenters. The van der Waals surface area contributed by atoms with Crippen molar-refractivity contribution in [1.82, 2.24) is 15.0 Å². The van der Waals surface area contributed by atoms with Crippen LogP contribution in [0.5, 0.6) is 0 Å². The van der Waals surface area contributed by atoms with Crippen molar-refractivity contribution in [1.29, 1.82) is 0 Å². The van der Waals surface area contributed by atoms with Gasteiger partial charge in [-0.1, -0.05) is 19.0 Å². The van der Waals surface area contributed by atoms with E-state index in [0.29, 0.717) is 49.9 Å². The lowest BCUT2D eigenvalue weighted by Gasteiger charge is -2.35. The van der Waals surface area contributed by atoms with Crippen LogP contribution in [0.3, 0.4) is 0 Å². The van der Waals surface area contributed by atoms with Gasteiger partial charge in [-0.3, -0.25) is 9.69 Å². The maximum Gasteiger partial charge on any atom is 0.259 e. The minimum absolute atomic E-state index is 0.00744. The molecule has 7 nitrogen and oxygen atoms in total. The molecule has 0 radical (unpaired) electrons. The number of aliphatic hydroxyl groups is 1. The van der Waals surface area contributed by atoms with Crippen LogP contribution in [0, 0.1) is 6.92 Å². The Morgan fingerprint density at radius 3 is 2.58 bits per heavy atom. The highest BCUT2D eigenvalue weighted by atomic mass is 16.5. The molecule has 1 atom stereocenters. The van der Waals surface area contributed by atoms with Crippen LogP contribution in [0.2, 0.25) is 0 Å². The molecule has 1 aromatic heterocycles. The number of piperazine rings is 1. The van der Waals surface area contributed by atoms with E-state index < -0.39 is 6.10 Å². The lowest BCUT2D eigenvalue weighted by molar-refractivity contribution is 0.0111. The fraction of sp³-hybridized carbons (Fsp3) is 0.765. The molecule has 1 fully saturated rings. The van der Waals surface area contributed by atoms with Gasteiger partial charge < -0.3 is 19.3 Å². The Morgan fingerprint density at radius 1 is 1.33 bits per heavy atom. The van der Waals surface area contributed by atoms with Crippen LogP contribution in [0.15, 0.2) is 4.52 Å². The number of aryl methyl sites for hydroxylation is 1. The van der Waals surface area contributed by atoms with Crippen molar-refractivity contribution in [2.45, 2.75) is 39.7 Å². The second-order valence-electron chi connectivity index (χ2n) is 6.57. The SMILES string of the molecule is CCOC[C@H](O)CN1CCN(C(=O)c2c(C)noc2C(C)C)CC1. The monoisotopic (exact) mass is 339 g/mol. The first-order chi connectivity index (χ1) is 11.4. The molecule has 2 heterocycles. The second kappa shape index (κ2) is 8.60. The fourth-order valence-corrected chi connectivity index (χ4v) is 2.94. The van der Waals surface area contributed by atoms with Crippen molar-refractivity contribution in [3.8, 4) is 0 Å². The van der Waals surface area contributed by atoms with Crippen molar-refractivity contribution in [3.63, 3.8) is 0 Å². The summed E-state index contributed by atoms with van der Waals surface area (Å²) in [6.07, 6.45) is -0.486. The second-order valence-corrected chi connectivity index (χ2v) is 6.57. The highest BCUT2D eigenvalue weighted by molar-refractivity contribution is 5.96. The maximum absolute atomic E-state index is 12.8. The van der Waals surface area contributed by atoms with E-state index in [1.54, 1.807) is 0 Å². The molecular weight excluding hydrogens is 310 g/mol. The number of aliphatic hydroxyl groups excluding tert-OH is 1. The summed E-state index contributed by atoms with van der Waals surface area (Å²) in [5.74, 6) is 0.777. The van der Waals surface area contributed by atoms with E-state index in [4.69, 9.17) is 9.26 Å². The Balaban J connectivity index is 1.90. The predicted molar refractivity (Wildman–Crippen MR) is 90.2 cm³/mol. The summed E-state index contributed by atoms with van der Waals surface area (Å²) in [4.78, 5) is 16.8. The molecule has 0 aromatic carbocycles. The van der Waals surface area contributed by atoms with E-state index in [9.17, 15) is 9.90 Å². The van der Waals surface area contributed by atoms with E-state index in [0.717, 1.165) is 13.1 Å². The summed E-state index contributed by atoms with van der Waals surface area (Å²) in [7, 11) is 0. The van der Waals surface area contributed by atoms with Crippen LogP contribution >= 0.6 is 0 Å². The molecule has 0 aliphatic carbocycles. The molecule has 1 N–H and O–H groups in total. The maximum atomic E-state index is 12.8. The summed E-state index contributed by atoms with van der Waals surface area (Å²) in [5.41, 5.74) is 1.26. The Kier molecular flexibility index (Phi) is 6.77. The Morgan fingerprint density at radius 2 is 2.00 bits per heavy atom. The van der Waals surface area contributed by atoms with E-state index >= 15 is 0 Å². The Hall–Kier alpha value is -1.44. The predicted octanol–water partition coefficient (Wildman–Crippen LogP) is 1.26. The number of aromatic nitrogens is 1. The Labute approximate surface area is 143 Å². The summed E-state index contributed by atoms with van der Waals surface area (Å²) in [5, 5.41) is 13.9. The molecule has 1 aromatic rings. The summed E-state index contributed by atoms with van der Waals surface area (Å²) < 4.78 is 10.6. The molecule has 1 aliphatic rings. The third-order valence-corrected chi connectivity index (χ3v) is 4.27. The molecule has 0 bridgehead atoms. The lowest BCUT2D eigenvalue weighted by atomic mass is 10.0. The van der Waals surface area contributed by atoms with Gasteiger partial charge in [0.1, 0.15) is 5.56 Å². The number of hydrogen-bond acceptors (Lipinski definition) is 6. The zero-order valence-corrected chi connectivity index (χ0v) is 15.1. The largest absolute Gasteiger partial charge is 0.389 e. The van der Waals surface area contributed by atoms with E-state index in [2.05, 4.69) is 10.1 Å². The van der Waals surface area contributed by atoms with Gasteiger partial charge in [0.15, 0.2) is 5.76 Å². The first kappa shape index (κ1) is 18.9. The van der Waals surface area contributed by atoms with Gasteiger partial charge in [-0.05, 0) is 13.8 Å². The smallest absolute Gasteiger partial charge is 0.259 e. The van der Waals surface area contributed by atoms with Crippen molar-refractivity contribution in [2.75, 3.05) is 45.9 Å². The van der Waals surface area contributed by atoms with Crippen LogP contribution in [-0.4, -0.2) is 78.0 Å². The lowest BCUT2D eigenvalue weighted by Crippen LogP contribution is -2.51. The summed E-state index contributed by atoms with van der Waals surface area (Å²) in [6, 6.07) is 0. The van der Waals surface area contributed by atoms with Gasteiger partial charge in [-0.15, -0.1) is 0 Å².